The summed E-state index contributed by atoms with van der Waals surface area (Å²) in [4.78, 5) is 13.4. The minimum absolute atomic E-state index is 0.206. The Labute approximate surface area is 169 Å². The number of Topliss-reactive ketones (excluding diaryl/α,β-unsaturated/α-hetero) is 1. The first-order chi connectivity index (χ1) is 13.3. The number of hydrogen-bond donors (Lipinski definition) is 0. The molecule has 0 atom stereocenters. The predicted octanol–water partition coefficient (Wildman–Crippen LogP) is 7.64. The molecule has 0 aliphatic heterocycles. The fourth-order valence-corrected chi connectivity index (χ4v) is 4.03. The number of carbonyl (C=O) groups is 1. The molecule has 3 aromatic carbocycles. The van der Waals surface area contributed by atoms with Crippen LogP contribution in [0.2, 0.25) is 0 Å². The van der Waals surface area contributed by atoms with Gasteiger partial charge in [0.05, 0.1) is 0 Å². The van der Waals surface area contributed by atoms with E-state index in [1.165, 1.54) is 22.3 Å². The summed E-state index contributed by atoms with van der Waals surface area (Å²) < 4.78 is 0. The molecule has 0 saturated heterocycles. The van der Waals surface area contributed by atoms with Crippen LogP contribution >= 0.6 is 0 Å². The molecule has 28 heavy (non-hydrogen) atoms. The fraction of sp³-hybridized carbons (Fsp3) is 0.370. The second-order valence-electron chi connectivity index (χ2n) is 8.77. The molecule has 1 nitrogen and oxygen atoms in total. The summed E-state index contributed by atoms with van der Waals surface area (Å²) in [7, 11) is 0. The first-order valence-corrected chi connectivity index (χ1v) is 10.5. The van der Waals surface area contributed by atoms with Crippen molar-refractivity contribution in [3.63, 3.8) is 0 Å². The average molecular weight is 373 g/mol. The van der Waals surface area contributed by atoms with Crippen molar-refractivity contribution in [1.82, 2.24) is 0 Å². The van der Waals surface area contributed by atoms with Crippen LogP contribution in [0.4, 0.5) is 0 Å². The van der Waals surface area contributed by atoms with E-state index < -0.39 is 0 Å². The first kappa shape index (κ1) is 20.3. The monoisotopic (exact) mass is 372 g/mol. The second kappa shape index (κ2) is 8.31. The first-order valence-electron chi connectivity index (χ1n) is 10.5. The van der Waals surface area contributed by atoms with Crippen molar-refractivity contribution in [2.24, 2.45) is 0 Å². The second-order valence-corrected chi connectivity index (χ2v) is 8.77. The lowest BCUT2D eigenvalue weighted by molar-refractivity contribution is 0.0994. The topological polar surface area (TPSA) is 17.1 Å². The molecule has 0 aliphatic carbocycles. The van der Waals surface area contributed by atoms with Crippen molar-refractivity contribution < 1.29 is 4.79 Å². The smallest absolute Gasteiger partial charge is 0.167 e. The van der Waals surface area contributed by atoms with Crippen molar-refractivity contribution in [3.05, 3.63) is 82.4 Å². The zero-order valence-corrected chi connectivity index (χ0v) is 18.0. The van der Waals surface area contributed by atoms with Crippen LogP contribution in [0.3, 0.4) is 0 Å². The van der Waals surface area contributed by atoms with Gasteiger partial charge in [0.2, 0.25) is 0 Å². The fourth-order valence-electron chi connectivity index (χ4n) is 4.03. The minimum Gasteiger partial charge on any atom is -0.294 e. The summed E-state index contributed by atoms with van der Waals surface area (Å²) in [6.45, 7) is 13.4. The SMILES string of the molecule is CC(C)c1cc(C(C)C)c(CC(=O)c2cccc3ccccc23)c(C(C)C)c1. The molecule has 0 radical (unpaired) electrons. The largest absolute Gasteiger partial charge is 0.294 e. The molecule has 0 fully saturated rings. The Morgan fingerprint density at radius 3 is 1.89 bits per heavy atom. The summed E-state index contributed by atoms with van der Waals surface area (Å²) >= 11 is 0. The molecule has 146 valence electrons. The Kier molecular flexibility index (Phi) is 6.03. The average Bonchev–Trinajstić information content (AvgIpc) is 2.66. The Morgan fingerprint density at radius 2 is 1.32 bits per heavy atom. The van der Waals surface area contributed by atoms with E-state index in [4.69, 9.17) is 0 Å². The standard InChI is InChI=1S/C27H32O/c1-17(2)21-14-24(18(3)4)26(25(15-21)19(5)6)16-27(28)23-13-9-11-20-10-7-8-12-22(20)23/h7-15,17-19H,16H2,1-6H3. The number of fused-ring (bicyclic) bond motifs is 1. The molecule has 3 aromatic rings. The Bertz CT molecular complexity index is 958. The van der Waals surface area contributed by atoms with Crippen LogP contribution in [0.5, 0.6) is 0 Å². The van der Waals surface area contributed by atoms with Crippen LogP contribution in [0.1, 0.15) is 91.9 Å². The zero-order chi connectivity index (χ0) is 20.4. The quantitative estimate of drug-likeness (QED) is 0.406. The zero-order valence-electron chi connectivity index (χ0n) is 18.0. The molecule has 0 aromatic heterocycles. The third-order valence-corrected chi connectivity index (χ3v) is 5.68. The number of carbonyl (C=O) groups excluding carboxylic acids is 1. The van der Waals surface area contributed by atoms with Gasteiger partial charge < -0.3 is 0 Å². The van der Waals surface area contributed by atoms with Crippen molar-refractivity contribution in [1.29, 1.82) is 0 Å². The van der Waals surface area contributed by atoms with Gasteiger partial charge in [0, 0.05) is 12.0 Å². The lowest BCUT2D eigenvalue weighted by atomic mass is 9.82. The highest BCUT2D eigenvalue weighted by atomic mass is 16.1. The van der Waals surface area contributed by atoms with Crippen LogP contribution in [0.15, 0.2) is 54.6 Å². The van der Waals surface area contributed by atoms with E-state index in [-0.39, 0.29) is 5.78 Å². The number of hydrogen-bond acceptors (Lipinski definition) is 1. The molecule has 0 spiro atoms. The highest BCUT2D eigenvalue weighted by Gasteiger charge is 2.20. The van der Waals surface area contributed by atoms with Crippen LogP contribution < -0.4 is 0 Å². The maximum atomic E-state index is 13.4. The van der Waals surface area contributed by atoms with Gasteiger partial charge in [-0.25, -0.2) is 0 Å². The van der Waals surface area contributed by atoms with Gasteiger partial charge in [0.15, 0.2) is 5.78 Å². The summed E-state index contributed by atoms with van der Waals surface area (Å²) in [5.74, 6) is 1.48. The summed E-state index contributed by atoms with van der Waals surface area (Å²) in [5.41, 5.74) is 6.07. The molecule has 0 saturated carbocycles. The van der Waals surface area contributed by atoms with E-state index >= 15 is 0 Å². The van der Waals surface area contributed by atoms with Crippen molar-refractivity contribution in [3.8, 4) is 0 Å². The normalized spacial score (nSPS) is 11.8. The molecule has 0 aliphatic rings. The van der Waals surface area contributed by atoms with E-state index in [9.17, 15) is 4.79 Å². The number of benzene rings is 3. The van der Waals surface area contributed by atoms with Crippen molar-refractivity contribution in [2.45, 2.75) is 65.7 Å². The van der Waals surface area contributed by atoms with E-state index in [0.29, 0.717) is 24.2 Å². The molecule has 0 unspecified atom stereocenters. The molecule has 3 rings (SSSR count). The van der Waals surface area contributed by atoms with Crippen LogP contribution in [-0.2, 0) is 6.42 Å². The molecule has 0 amide bonds. The molecule has 0 bridgehead atoms. The van der Waals surface area contributed by atoms with Gasteiger partial charge in [0.25, 0.3) is 0 Å². The summed E-state index contributed by atoms with van der Waals surface area (Å²) in [5, 5.41) is 2.17. The lowest BCUT2D eigenvalue weighted by Gasteiger charge is -2.23. The van der Waals surface area contributed by atoms with Gasteiger partial charge >= 0.3 is 0 Å². The lowest BCUT2D eigenvalue weighted by Crippen LogP contribution is -2.12. The third-order valence-electron chi connectivity index (χ3n) is 5.68. The molecular formula is C27H32O. The predicted molar refractivity (Wildman–Crippen MR) is 121 cm³/mol. The molecule has 1 heteroatoms. The summed E-state index contributed by atoms with van der Waals surface area (Å²) in [6, 6.07) is 18.8. The maximum Gasteiger partial charge on any atom is 0.167 e. The Morgan fingerprint density at radius 1 is 0.750 bits per heavy atom. The van der Waals surface area contributed by atoms with Gasteiger partial charge in [-0.05, 0) is 50.8 Å². The minimum atomic E-state index is 0.206. The van der Waals surface area contributed by atoms with E-state index in [1.807, 2.05) is 24.3 Å². The highest BCUT2D eigenvalue weighted by Crippen LogP contribution is 2.33. The van der Waals surface area contributed by atoms with Gasteiger partial charge in [0.1, 0.15) is 0 Å². The summed E-state index contributed by atoms with van der Waals surface area (Å²) in [6.07, 6.45) is 0.466. The Balaban J connectivity index is 2.11. The van der Waals surface area contributed by atoms with E-state index in [2.05, 4.69) is 71.9 Å². The van der Waals surface area contributed by atoms with E-state index in [0.717, 1.165) is 16.3 Å². The number of rotatable bonds is 6. The Hall–Kier alpha value is -2.41. The van der Waals surface area contributed by atoms with Crippen molar-refractivity contribution >= 4 is 16.6 Å². The van der Waals surface area contributed by atoms with E-state index in [1.54, 1.807) is 0 Å². The molecule has 0 N–H and O–H groups in total. The molecule has 0 heterocycles. The van der Waals surface area contributed by atoms with Crippen LogP contribution in [0, 0.1) is 0 Å². The van der Waals surface area contributed by atoms with Crippen LogP contribution in [0.25, 0.3) is 10.8 Å². The number of ketones is 1. The van der Waals surface area contributed by atoms with Crippen LogP contribution in [-0.4, -0.2) is 5.78 Å². The van der Waals surface area contributed by atoms with Gasteiger partial charge in [-0.1, -0.05) is 96.1 Å². The third kappa shape index (κ3) is 4.04. The van der Waals surface area contributed by atoms with Gasteiger partial charge in [-0.15, -0.1) is 0 Å². The highest BCUT2D eigenvalue weighted by molar-refractivity contribution is 6.09. The van der Waals surface area contributed by atoms with Crippen molar-refractivity contribution in [2.75, 3.05) is 0 Å². The maximum absolute atomic E-state index is 13.4. The molecular weight excluding hydrogens is 340 g/mol. The van der Waals surface area contributed by atoms with Gasteiger partial charge in [-0.3, -0.25) is 4.79 Å². The van der Waals surface area contributed by atoms with Gasteiger partial charge in [-0.2, -0.15) is 0 Å².